The van der Waals surface area contributed by atoms with Crippen LogP contribution in [-0.2, 0) is 7.05 Å². The first-order valence-corrected chi connectivity index (χ1v) is 7.49. The molecule has 0 aromatic carbocycles. The van der Waals surface area contributed by atoms with Gasteiger partial charge in [0.25, 0.3) is 5.91 Å². The molecule has 1 aliphatic rings. The minimum Gasteiger partial charge on any atom is -0.296 e. The molecule has 1 saturated carbocycles. The van der Waals surface area contributed by atoms with E-state index in [1.165, 1.54) is 29.9 Å². The zero-order valence-electron chi connectivity index (χ0n) is 12.8. The van der Waals surface area contributed by atoms with Gasteiger partial charge < -0.3 is 0 Å². The van der Waals surface area contributed by atoms with E-state index in [0.717, 1.165) is 24.7 Å². The van der Waals surface area contributed by atoms with Crippen molar-refractivity contribution in [1.29, 1.82) is 0 Å². The van der Waals surface area contributed by atoms with Crippen molar-refractivity contribution >= 4 is 11.7 Å². The van der Waals surface area contributed by atoms with Gasteiger partial charge in [-0.3, -0.25) is 14.4 Å². The van der Waals surface area contributed by atoms with Gasteiger partial charge in [0, 0.05) is 26.2 Å². The van der Waals surface area contributed by atoms with Crippen LogP contribution >= 0.6 is 0 Å². The van der Waals surface area contributed by atoms with Crippen LogP contribution in [0.3, 0.4) is 0 Å². The van der Waals surface area contributed by atoms with Crippen molar-refractivity contribution in [3.8, 4) is 0 Å². The Kier molecular flexibility index (Phi) is 3.92. The minimum atomic E-state index is -0.419. The van der Waals surface area contributed by atoms with E-state index in [4.69, 9.17) is 0 Å². The zero-order valence-corrected chi connectivity index (χ0v) is 12.8. The molecule has 6 heteroatoms. The fraction of sp³-hybridized carbons (Fsp3) is 0.438. The third-order valence-corrected chi connectivity index (χ3v) is 4.19. The quantitative estimate of drug-likeness (QED) is 0.876. The summed E-state index contributed by atoms with van der Waals surface area (Å²) in [5, 5.41) is 4.49. The van der Waals surface area contributed by atoms with Gasteiger partial charge in [0.05, 0.1) is 17.5 Å². The Balaban J connectivity index is 1.89. The molecule has 0 bridgehead atoms. The Hall–Kier alpha value is -2.24. The number of rotatable bonds is 3. The molecule has 2 aromatic rings. The Morgan fingerprint density at radius 1 is 1.36 bits per heavy atom. The van der Waals surface area contributed by atoms with E-state index in [-0.39, 0.29) is 5.91 Å². The lowest BCUT2D eigenvalue weighted by atomic mass is 10.00. The van der Waals surface area contributed by atoms with E-state index in [1.807, 2.05) is 7.05 Å². The van der Waals surface area contributed by atoms with Gasteiger partial charge in [-0.25, -0.2) is 9.37 Å². The summed E-state index contributed by atoms with van der Waals surface area (Å²) in [6, 6.07) is 2.80. The number of halogens is 1. The van der Waals surface area contributed by atoms with E-state index >= 15 is 0 Å². The third kappa shape index (κ3) is 2.73. The van der Waals surface area contributed by atoms with Crippen molar-refractivity contribution in [3.05, 3.63) is 41.6 Å². The van der Waals surface area contributed by atoms with Crippen LogP contribution in [-0.4, -0.2) is 27.7 Å². The highest BCUT2D eigenvalue weighted by Gasteiger charge is 2.28. The summed E-state index contributed by atoms with van der Waals surface area (Å²) in [5.74, 6) is 0.203. The van der Waals surface area contributed by atoms with Crippen molar-refractivity contribution in [3.63, 3.8) is 0 Å². The van der Waals surface area contributed by atoms with Crippen molar-refractivity contribution in [2.45, 2.75) is 31.6 Å². The van der Waals surface area contributed by atoms with Crippen LogP contribution in [0, 0.1) is 5.82 Å². The molecule has 22 heavy (non-hydrogen) atoms. The number of pyridine rings is 1. The lowest BCUT2D eigenvalue weighted by molar-refractivity contribution is 0.0991. The molecule has 3 rings (SSSR count). The maximum absolute atomic E-state index is 13.0. The van der Waals surface area contributed by atoms with Crippen LogP contribution in [0.2, 0.25) is 0 Å². The molecule has 0 N–H and O–H groups in total. The number of aryl methyl sites for hydroxylation is 1. The molecule has 2 heterocycles. The summed E-state index contributed by atoms with van der Waals surface area (Å²) in [6.07, 6.45) is 7.40. The first-order valence-electron chi connectivity index (χ1n) is 7.49. The fourth-order valence-electron chi connectivity index (χ4n) is 3.02. The molecule has 5 nitrogen and oxygen atoms in total. The summed E-state index contributed by atoms with van der Waals surface area (Å²) >= 11 is 0. The maximum atomic E-state index is 13.0. The van der Waals surface area contributed by atoms with E-state index < -0.39 is 5.82 Å². The van der Waals surface area contributed by atoms with Gasteiger partial charge in [-0.2, -0.15) is 5.10 Å². The second kappa shape index (κ2) is 5.87. The molecule has 0 atom stereocenters. The van der Waals surface area contributed by atoms with Gasteiger partial charge in [0.1, 0.15) is 11.6 Å². The highest BCUT2D eigenvalue weighted by molar-refractivity contribution is 6.05. The number of amides is 1. The minimum absolute atomic E-state index is 0.158. The molecule has 116 valence electrons. The third-order valence-electron chi connectivity index (χ3n) is 4.19. The van der Waals surface area contributed by atoms with Crippen LogP contribution in [0.5, 0.6) is 0 Å². The first kappa shape index (κ1) is 14.7. The smallest absolute Gasteiger partial charge is 0.262 e. The molecule has 1 aliphatic carbocycles. The van der Waals surface area contributed by atoms with Crippen LogP contribution in [0.1, 0.15) is 47.7 Å². The summed E-state index contributed by atoms with van der Waals surface area (Å²) in [7, 11) is 3.47. The van der Waals surface area contributed by atoms with Gasteiger partial charge in [-0.15, -0.1) is 0 Å². The van der Waals surface area contributed by atoms with Crippen LogP contribution in [0.4, 0.5) is 10.2 Å². The van der Waals surface area contributed by atoms with Gasteiger partial charge in [0.15, 0.2) is 0 Å². The Morgan fingerprint density at radius 3 is 2.73 bits per heavy atom. The van der Waals surface area contributed by atoms with E-state index in [2.05, 4.69) is 10.1 Å². The van der Waals surface area contributed by atoms with Crippen LogP contribution in [0.25, 0.3) is 0 Å². The topological polar surface area (TPSA) is 51.0 Å². The van der Waals surface area contributed by atoms with Crippen LogP contribution < -0.4 is 4.90 Å². The van der Waals surface area contributed by atoms with Crippen molar-refractivity contribution in [2.24, 2.45) is 7.05 Å². The predicted molar refractivity (Wildman–Crippen MR) is 81.3 cm³/mol. The van der Waals surface area contributed by atoms with Crippen molar-refractivity contribution in [2.75, 3.05) is 11.9 Å². The molecule has 0 radical (unpaired) electrons. The molecule has 0 aliphatic heterocycles. The van der Waals surface area contributed by atoms with Gasteiger partial charge in [-0.05, 0) is 25.0 Å². The number of carbonyl (C=O) groups excluding carboxylic acids is 1. The summed E-state index contributed by atoms with van der Waals surface area (Å²) in [5.41, 5.74) is 1.49. The molecular formula is C16H19FN4O. The number of hydrogen-bond donors (Lipinski definition) is 0. The number of nitrogens with zero attached hydrogens (tertiary/aromatic N) is 4. The number of aromatic nitrogens is 3. The largest absolute Gasteiger partial charge is 0.296 e. The molecular weight excluding hydrogens is 283 g/mol. The monoisotopic (exact) mass is 302 g/mol. The van der Waals surface area contributed by atoms with E-state index in [0.29, 0.717) is 17.3 Å². The predicted octanol–water partition coefficient (Wildman–Crippen LogP) is 2.89. The fourth-order valence-corrected chi connectivity index (χ4v) is 3.02. The zero-order chi connectivity index (χ0) is 15.7. The maximum Gasteiger partial charge on any atom is 0.262 e. The standard InChI is InChI=1S/C16H19FN4O/c1-20-10-13(15(19-20)11-5-3-4-6-11)16(22)21(2)14-8-7-12(17)9-18-14/h7-11H,3-6H2,1-2H3. The summed E-state index contributed by atoms with van der Waals surface area (Å²) in [6.45, 7) is 0. The van der Waals surface area contributed by atoms with Gasteiger partial charge in [0.2, 0.25) is 0 Å². The molecule has 1 amide bonds. The lowest BCUT2D eigenvalue weighted by Crippen LogP contribution is -2.28. The van der Waals surface area contributed by atoms with Gasteiger partial charge in [-0.1, -0.05) is 12.8 Å². The first-order chi connectivity index (χ1) is 10.6. The number of hydrogen-bond acceptors (Lipinski definition) is 3. The molecule has 0 saturated heterocycles. The second-order valence-corrected chi connectivity index (χ2v) is 5.78. The normalized spacial score (nSPS) is 15.2. The lowest BCUT2D eigenvalue weighted by Gasteiger charge is -2.17. The molecule has 0 unspecified atom stereocenters. The van der Waals surface area contributed by atoms with Crippen molar-refractivity contribution < 1.29 is 9.18 Å². The summed E-state index contributed by atoms with van der Waals surface area (Å²) in [4.78, 5) is 18.2. The van der Waals surface area contributed by atoms with Crippen LogP contribution in [0.15, 0.2) is 24.5 Å². The highest BCUT2D eigenvalue weighted by atomic mass is 19.1. The Labute approximate surface area is 128 Å². The second-order valence-electron chi connectivity index (χ2n) is 5.78. The average Bonchev–Trinajstić information content (AvgIpc) is 3.15. The SMILES string of the molecule is CN(C(=O)c1cn(C)nc1C1CCCC1)c1ccc(F)cn1. The Morgan fingerprint density at radius 2 is 2.09 bits per heavy atom. The highest BCUT2D eigenvalue weighted by Crippen LogP contribution is 2.35. The average molecular weight is 302 g/mol. The Bertz CT molecular complexity index is 674. The number of anilines is 1. The number of carbonyl (C=O) groups is 1. The molecule has 0 spiro atoms. The summed E-state index contributed by atoms with van der Waals surface area (Å²) < 4.78 is 14.7. The molecule has 2 aromatic heterocycles. The van der Waals surface area contributed by atoms with E-state index in [1.54, 1.807) is 17.9 Å². The van der Waals surface area contributed by atoms with E-state index in [9.17, 15) is 9.18 Å². The molecule has 1 fully saturated rings. The van der Waals surface area contributed by atoms with Gasteiger partial charge >= 0.3 is 0 Å². The van der Waals surface area contributed by atoms with Crippen molar-refractivity contribution in [1.82, 2.24) is 14.8 Å².